The fourth-order valence-corrected chi connectivity index (χ4v) is 1.57. The molecule has 2 nitrogen and oxygen atoms in total. The molecule has 0 saturated heterocycles. The Balaban J connectivity index is 2.11. The number of aryl methyl sites for hydroxylation is 2. The van der Waals surface area contributed by atoms with E-state index in [1.54, 1.807) is 0 Å². The fraction of sp³-hybridized carbons (Fsp3) is 0.214. The third-order valence-electron chi connectivity index (χ3n) is 2.56. The summed E-state index contributed by atoms with van der Waals surface area (Å²) in [5, 5.41) is 0. The Morgan fingerprint density at radius 3 is 2.50 bits per heavy atom. The lowest BCUT2D eigenvalue weighted by Crippen LogP contribution is -1.80. The molecule has 1 aromatic heterocycles. The zero-order valence-corrected chi connectivity index (χ0v) is 9.72. The van der Waals surface area contributed by atoms with Crippen molar-refractivity contribution in [3.63, 3.8) is 0 Å². The summed E-state index contributed by atoms with van der Waals surface area (Å²) in [5.74, 6) is 0. The van der Waals surface area contributed by atoms with Gasteiger partial charge >= 0.3 is 0 Å². The summed E-state index contributed by atoms with van der Waals surface area (Å²) in [4.78, 5) is 4.43. The molecular formula is C14H16N2. The van der Waals surface area contributed by atoms with Crippen LogP contribution in [0.2, 0.25) is 0 Å². The van der Waals surface area contributed by atoms with Crippen LogP contribution in [0.25, 0.3) is 0 Å². The summed E-state index contributed by atoms with van der Waals surface area (Å²) in [6.07, 6.45) is 7.02. The molecule has 0 amide bonds. The largest absolute Gasteiger partial charge is 0.357 e. The van der Waals surface area contributed by atoms with Gasteiger partial charge in [-0.2, -0.15) is 0 Å². The van der Waals surface area contributed by atoms with Crippen LogP contribution >= 0.6 is 0 Å². The van der Waals surface area contributed by atoms with Gasteiger partial charge in [-0.15, -0.1) is 0 Å². The minimum atomic E-state index is 1.00. The van der Waals surface area contributed by atoms with E-state index in [9.17, 15) is 0 Å². The predicted octanol–water partition coefficient (Wildman–Crippen LogP) is 3.34. The van der Waals surface area contributed by atoms with Crippen molar-refractivity contribution in [2.75, 3.05) is 0 Å². The second kappa shape index (κ2) is 4.79. The standard InChI is InChI=1S/C14H16N2/c1-3-12-4-6-14(7-5-12)15-10-13-8-9-16(2)11-13/h4-11H,3H2,1-2H3. The summed E-state index contributed by atoms with van der Waals surface area (Å²) in [5.41, 5.74) is 3.47. The molecule has 0 aliphatic carbocycles. The van der Waals surface area contributed by atoms with Gasteiger partial charge in [0.2, 0.25) is 0 Å². The van der Waals surface area contributed by atoms with Crippen molar-refractivity contribution < 1.29 is 0 Å². The molecule has 0 unspecified atom stereocenters. The van der Waals surface area contributed by atoms with Gasteiger partial charge in [0.15, 0.2) is 0 Å². The molecule has 1 aromatic carbocycles. The van der Waals surface area contributed by atoms with Crippen LogP contribution in [-0.2, 0) is 13.5 Å². The van der Waals surface area contributed by atoms with Crippen LogP contribution in [0.4, 0.5) is 5.69 Å². The van der Waals surface area contributed by atoms with Crippen LogP contribution < -0.4 is 0 Å². The monoisotopic (exact) mass is 212 g/mol. The van der Waals surface area contributed by atoms with Crippen molar-refractivity contribution in [1.82, 2.24) is 4.57 Å². The van der Waals surface area contributed by atoms with Gasteiger partial charge in [-0.25, -0.2) is 0 Å². The van der Waals surface area contributed by atoms with Gasteiger partial charge in [0.05, 0.1) is 5.69 Å². The molecule has 16 heavy (non-hydrogen) atoms. The first-order valence-electron chi connectivity index (χ1n) is 5.53. The van der Waals surface area contributed by atoms with Crippen LogP contribution in [0, 0.1) is 0 Å². The van der Waals surface area contributed by atoms with Crippen molar-refractivity contribution in [2.45, 2.75) is 13.3 Å². The lowest BCUT2D eigenvalue weighted by Gasteiger charge is -1.96. The van der Waals surface area contributed by atoms with Gasteiger partial charge in [0.25, 0.3) is 0 Å². The second-order valence-corrected chi connectivity index (χ2v) is 3.89. The van der Waals surface area contributed by atoms with Gasteiger partial charge in [-0.05, 0) is 30.2 Å². The highest BCUT2D eigenvalue weighted by Gasteiger charge is 1.91. The number of rotatable bonds is 3. The number of hydrogen-bond acceptors (Lipinski definition) is 1. The Hall–Kier alpha value is -1.83. The van der Waals surface area contributed by atoms with Crippen molar-refractivity contribution >= 4 is 11.9 Å². The Kier molecular flexibility index (Phi) is 3.20. The number of aliphatic imine (C=N–C) groups is 1. The third kappa shape index (κ3) is 2.60. The van der Waals surface area contributed by atoms with Crippen LogP contribution in [0.15, 0.2) is 47.7 Å². The maximum atomic E-state index is 4.43. The molecule has 0 saturated carbocycles. The predicted molar refractivity (Wildman–Crippen MR) is 68.5 cm³/mol. The minimum absolute atomic E-state index is 1.00. The minimum Gasteiger partial charge on any atom is -0.357 e. The van der Waals surface area contributed by atoms with Crippen LogP contribution in [0.5, 0.6) is 0 Å². The zero-order valence-electron chi connectivity index (χ0n) is 9.72. The number of hydrogen-bond donors (Lipinski definition) is 0. The fourth-order valence-electron chi connectivity index (χ4n) is 1.57. The van der Waals surface area contributed by atoms with E-state index in [0.29, 0.717) is 0 Å². The Labute approximate surface area is 96.3 Å². The first kappa shape index (κ1) is 10.7. The first-order chi connectivity index (χ1) is 7.78. The molecule has 2 aromatic rings. The zero-order chi connectivity index (χ0) is 11.4. The maximum Gasteiger partial charge on any atom is 0.0630 e. The highest BCUT2D eigenvalue weighted by Crippen LogP contribution is 2.13. The molecule has 1 heterocycles. The molecule has 82 valence electrons. The van der Waals surface area contributed by atoms with Gasteiger partial charge in [-0.1, -0.05) is 19.1 Å². The smallest absolute Gasteiger partial charge is 0.0630 e. The van der Waals surface area contributed by atoms with Crippen molar-refractivity contribution in [1.29, 1.82) is 0 Å². The highest BCUT2D eigenvalue weighted by molar-refractivity contribution is 5.81. The lowest BCUT2D eigenvalue weighted by molar-refractivity contribution is 0.927. The van der Waals surface area contributed by atoms with Crippen LogP contribution in [-0.4, -0.2) is 10.8 Å². The molecule has 0 spiro atoms. The quantitative estimate of drug-likeness (QED) is 0.694. The molecule has 0 aliphatic rings. The maximum absolute atomic E-state index is 4.43. The van der Waals surface area contributed by atoms with E-state index in [0.717, 1.165) is 17.7 Å². The SMILES string of the molecule is CCc1ccc(N=Cc2ccn(C)c2)cc1. The average Bonchev–Trinajstić information content (AvgIpc) is 2.73. The summed E-state index contributed by atoms with van der Waals surface area (Å²) < 4.78 is 2.02. The Bertz CT molecular complexity index is 478. The van der Waals surface area contributed by atoms with E-state index >= 15 is 0 Å². The Morgan fingerprint density at radius 1 is 1.19 bits per heavy atom. The molecule has 0 atom stereocenters. The van der Waals surface area contributed by atoms with Crippen LogP contribution in [0.1, 0.15) is 18.1 Å². The Morgan fingerprint density at radius 2 is 1.94 bits per heavy atom. The average molecular weight is 212 g/mol. The van der Waals surface area contributed by atoms with E-state index in [2.05, 4.69) is 36.2 Å². The number of benzene rings is 1. The first-order valence-corrected chi connectivity index (χ1v) is 5.53. The summed E-state index contributed by atoms with van der Waals surface area (Å²) in [6, 6.07) is 10.4. The van der Waals surface area contributed by atoms with Crippen LogP contribution in [0.3, 0.4) is 0 Å². The van der Waals surface area contributed by atoms with E-state index in [1.807, 2.05) is 36.3 Å². The normalized spacial score (nSPS) is 11.1. The topological polar surface area (TPSA) is 17.3 Å². The molecule has 0 fully saturated rings. The van der Waals surface area contributed by atoms with Crippen molar-refractivity contribution in [2.24, 2.45) is 12.0 Å². The van der Waals surface area contributed by atoms with Crippen molar-refractivity contribution in [3.05, 3.63) is 53.9 Å². The molecular weight excluding hydrogens is 196 g/mol. The summed E-state index contributed by atoms with van der Waals surface area (Å²) in [7, 11) is 2.01. The van der Waals surface area contributed by atoms with E-state index in [1.165, 1.54) is 5.56 Å². The van der Waals surface area contributed by atoms with E-state index in [4.69, 9.17) is 0 Å². The number of aromatic nitrogens is 1. The summed E-state index contributed by atoms with van der Waals surface area (Å²) in [6.45, 7) is 2.16. The van der Waals surface area contributed by atoms with Gasteiger partial charge in [-0.3, -0.25) is 4.99 Å². The third-order valence-corrected chi connectivity index (χ3v) is 2.56. The molecule has 0 aliphatic heterocycles. The second-order valence-electron chi connectivity index (χ2n) is 3.89. The molecule has 0 radical (unpaired) electrons. The van der Waals surface area contributed by atoms with Crippen molar-refractivity contribution in [3.8, 4) is 0 Å². The molecule has 2 heteroatoms. The number of nitrogens with zero attached hydrogens (tertiary/aromatic N) is 2. The van der Waals surface area contributed by atoms with Gasteiger partial charge < -0.3 is 4.57 Å². The van der Waals surface area contributed by atoms with E-state index < -0.39 is 0 Å². The molecule has 2 rings (SSSR count). The molecule has 0 N–H and O–H groups in total. The molecule has 0 bridgehead atoms. The van der Waals surface area contributed by atoms with Gasteiger partial charge in [0, 0.05) is 31.2 Å². The van der Waals surface area contributed by atoms with E-state index in [-0.39, 0.29) is 0 Å². The summed E-state index contributed by atoms with van der Waals surface area (Å²) >= 11 is 0. The highest BCUT2D eigenvalue weighted by atomic mass is 14.9. The van der Waals surface area contributed by atoms with Gasteiger partial charge in [0.1, 0.15) is 0 Å². The lowest BCUT2D eigenvalue weighted by atomic mass is 10.1.